The molecule has 0 aromatic heterocycles. The van der Waals surface area contributed by atoms with Crippen LogP contribution in [-0.2, 0) is 4.74 Å². The van der Waals surface area contributed by atoms with E-state index in [1.54, 1.807) is 39.8 Å². The average molecular weight is 347 g/mol. The molecule has 1 rings (SSSR count). The molecule has 0 saturated carbocycles. The van der Waals surface area contributed by atoms with Gasteiger partial charge in [0.15, 0.2) is 0 Å². The number of rotatable bonds is 3. The van der Waals surface area contributed by atoms with Gasteiger partial charge >= 0.3 is 6.09 Å². The molecular formula is C14H20BrFN2O2. The zero-order valence-corrected chi connectivity index (χ0v) is 13.6. The van der Waals surface area contributed by atoms with Crippen molar-refractivity contribution in [3.8, 4) is 0 Å². The highest BCUT2D eigenvalue weighted by molar-refractivity contribution is 9.10. The number of nitrogens with two attached hydrogens (primary N) is 1. The number of halogens is 2. The van der Waals surface area contributed by atoms with Gasteiger partial charge in [-0.1, -0.05) is 15.9 Å². The normalized spacial score (nSPS) is 14.6. The van der Waals surface area contributed by atoms with Crippen molar-refractivity contribution in [2.75, 3.05) is 0 Å². The van der Waals surface area contributed by atoms with Crippen LogP contribution in [0.1, 0.15) is 39.3 Å². The minimum atomic E-state index is -0.667. The molecule has 4 nitrogen and oxygen atoms in total. The van der Waals surface area contributed by atoms with Crippen molar-refractivity contribution in [2.45, 2.75) is 45.4 Å². The van der Waals surface area contributed by atoms with Crippen LogP contribution in [-0.4, -0.2) is 17.7 Å². The summed E-state index contributed by atoms with van der Waals surface area (Å²) >= 11 is 3.27. The van der Waals surface area contributed by atoms with Gasteiger partial charge < -0.3 is 15.8 Å². The third-order valence-electron chi connectivity index (χ3n) is 2.60. The van der Waals surface area contributed by atoms with Crippen LogP contribution < -0.4 is 11.1 Å². The molecule has 2 unspecified atom stereocenters. The molecule has 0 aliphatic carbocycles. The van der Waals surface area contributed by atoms with E-state index >= 15 is 0 Å². The van der Waals surface area contributed by atoms with Gasteiger partial charge in [-0.05, 0) is 45.9 Å². The van der Waals surface area contributed by atoms with E-state index in [9.17, 15) is 9.18 Å². The van der Waals surface area contributed by atoms with Crippen molar-refractivity contribution in [3.63, 3.8) is 0 Å². The third-order valence-corrected chi connectivity index (χ3v) is 3.09. The topological polar surface area (TPSA) is 64.3 Å². The highest BCUT2D eigenvalue weighted by Gasteiger charge is 2.23. The Morgan fingerprint density at radius 2 is 2.05 bits per heavy atom. The van der Waals surface area contributed by atoms with E-state index in [4.69, 9.17) is 10.5 Å². The van der Waals surface area contributed by atoms with Crippen LogP contribution in [0, 0.1) is 5.82 Å². The molecule has 2 atom stereocenters. The first-order valence-electron chi connectivity index (χ1n) is 6.30. The highest BCUT2D eigenvalue weighted by atomic mass is 79.9. The van der Waals surface area contributed by atoms with E-state index in [0.717, 1.165) is 4.47 Å². The zero-order chi connectivity index (χ0) is 15.5. The summed E-state index contributed by atoms with van der Waals surface area (Å²) in [5.74, 6) is -0.404. The molecular weight excluding hydrogens is 327 g/mol. The second-order valence-electron chi connectivity index (χ2n) is 5.63. The Morgan fingerprint density at radius 3 is 2.60 bits per heavy atom. The SMILES string of the molecule is CC(NC(=O)OC(C)(C)C)C(N)c1cc(Br)ccc1F. The number of nitrogens with one attached hydrogen (secondary N) is 1. The third kappa shape index (κ3) is 5.09. The van der Waals surface area contributed by atoms with E-state index in [2.05, 4.69) is 21.2 Å². The summed E-state index contributed by atoms with van der Waals surface area (Å²) in [5.41, 5.74) is 5.74. The van der Waals surface area contributed by atoms with Crippen LogP contribution in [0.2, 0.25) is 0 Å². The molecule has 0 spiro atoms. The Morgan fingerprint density at radius 1 is 1.45 bits per heavy atom. The predicted molar refractivity (Wildman–Crippen MR) is 79.9 cm³/mol. The van der Waals surface area contributed by atoms with Crippen LogP contribution in [0.4, 0.5) is 9.18 Å². The monoisotopic (exact) mass is 346 g/mol. The fraction of sp³-hybridized carbons (Fsp3) is 0.500. The number of carbonyl (C=O) groups excluding carboxylic acids is 1. The van der Waals surface area contributed by atoms with Crippen LogP contribution in [0.25, 0.3) is 0 Å². The van der Waals surface area contributed by atoms with Crippen LogP contribution in [0.5, 0.6) is 0 Å². The number of carbonyl (C=O) groups is 1. The number of ether oxygens (including phenoxy) is 1. The molecule has 0 aliphatic heterocycles. The molecule has 0 bridgehead atoms. The van der Waals surface area contributed by atoms with E-state index in [1.165, 1.54) is 6.07 Å². The Hall–Kier alpha value is -1.14. The Balaban J connectivity index is 2.74. The number of benzene rings is 1. The first-order chi connectivity index (χ1) is 9.10. The maximum absolute atomic E-state index is 13.7. The van der Waals surface area contributed by atoms with Gasteiger partial charge in [-0.15, -0.1) is 0 Å². The largest absolute Gasteiger partial charge is 0.444 e. The number of alkyl carbamates (subject to hydrolysis) is 1. The molecule has 6 heteroatoms. The van der Waals surface area contributed by atoms with E-state index in [0.29, 0.717) is 5.56 Å². The second-order valence-corrected chi connectivity index (χ2v) is 6.54. The molecule has 0 saturated heterocycles. The van der Waals surface area contributed by atoms with Crippen molar-refractivity contribution in [1.82, 2.24) is 5.32 Å². The van der Waals surface area contributed by atoms with E-state index in [-0.39, 0.29) is 0 Å². The minimum Gasteiger partial charge on any atom is -0.444 e. The van der Waals surface area contributed by atoms with Gasteiger partial charge in [0.1, 0.15) is 11.4 Å². The summed E-state index contributed by atoms with van der Waals surface area (Å²) < 4.78 is 19.6. The highest BCUT2D eigenvalue weighted by Crippen LogP contribution is 2.22. The lowest BCUT2D eigenvalue weighted by Gasteiger charge is -2.25. The summed E-state index contributed by atoms with van der Waals surface area (Å²) in [6.45, 7) is 7.01. The maximum Gasteiger partial charge on any atom is 0.407 e. The summed E-state index contributed by atoms with van der Waals surface area (Å²) in [6, 6.07) is 3.40. The number of hydrogen-bond acceptors (Lipinski definition) is 3. The van der Waals surface area contributed by atoms with Crippen molar-refractivity contribution in [3.05, 3.63) is 34.1 Å². The number of amides is 1. The lowest BCUT2D eigenvalue weighted by Crippen LogP contribution is -2.43. The van der Waals surface area contributed by atoms with E-state index in [1.807, 2.05) is 0 Å². The smallest absolute Gasteiger partial charge is 0.407 e. The van der Waals surface area contributed by atoms with Gasteiger partial charge in [0.05, 0.1) is 6.04 Å². The molecule has 0 heterocycles. The van der Waals surface area contributed by atoms with E-state index < -0.39 is 29.6 Å². The molecule has 1 amide bonds. The molecule has 3 N–H and O–H groups in total. The molecule has 0 radical (unpaired) electrons. The minimum absolute atomic E-state index is 0.336. The summed E-state index contributed by atoms with van der Waals surface area (Å²) in [7, 11) is 0. The van der Waals surface area contributed by atoms with Gasteiger partial charge in [0, 0.05) is 16.1 Å². The van der Waals surface area contributed by atoms with Crippen molar-refractivity contribution in [1.29, 1.82) is 0 Å². The standard InChI is InChI=1S/C14H20BrFN2O2/c1-8(18-13(19)20-14(2,3)4)12(17)10-7-9(15)5-6-11(10)16/h5-8,12H,17H2,1-4H3,(H,18,19). The Kier molecular flexibility index (Phi) is 5.53. The Labute approximate surface area is 127 Å². The molecule has 1 aromatic carbocycles. The van der Waals surface area contributed by atoms with Crippen molar-refractivity contribution >= 4 is 22.0 Å². The van der Waals surface area contributed by atoms with Gasteiger partial charge in [0.25, 0.3) is 0 Å². The van der Waals surface area contributed by atoms with Gasteiger partial charge in [-0.2, -0.15) is 0 Å². The van der Waals surface area contributed by atoms with Crippen LogP contribution in [0.15, 0.2) is 22.7 Å². The quantitative estimate of drug-likeness (QED) is 0.880. The Bertz CT molecular complexity index is 489. The second kappa shape index (κ2) is 6.54. The van der Waals surface area contributed by atoms with Crippen LogP contribution >= 0.6 is 15.9 Å². The van der Waals surface area contributed by atoms with Crippen molar-refractivity contribution in [2.24, 2.45) is 5.73 Å². The summed E-state index contributed by atoms with van der Waals surface area (Å²) in [4.78, 5) is 11.7. The maximum atomic E-state index is 13.7. The van der Waals surface area contributed by atoms with Gasteiger partial charge in [-0.3, -0.25) is 0 Å². The number of hydrogen-bond donors (Lipinski definition) is 2. The van der Waals surface area contributed by atoms with Crippen molar-refractivity contribution < 1.29 is 13.9 Å². The molecule has 20 heavy (non-hydrogen) atoms. The van der Waals surface area contributed by atoms with Gasteiger partial charge in [0.2, 0.25) is 0 Å². The zero-order valence-electron chi connectivity index (χ0n) is 12.0. The molecule has 1 aromatic rings. The summed E-state index contributed by atoms with van der Waals surface area (Å²) in [6.07, 6.45) is -0.573. The first kappa shape index (κ1) is 16.9. The lowest BCUT2D eigenvalue weighted by atomic mass is 10.0. The predicted octanol–water partition coefficient (Wildman–Crippen LogP) is 3.50. The molecule has 112 valence electrons. The fourth-order valence-electron chi connectivity index (χ4n) is 1.62. The molecule has 0 fully saturated rings. The van der Waals surface area contributed by atoms with Crippen LogP contribution in [0.3, 0.4) is 0 Å². The summed E-state index contributed by atoms with van der Waals surface area (Å²) in [5, 5.41) is 2.61. The lowest BCUT2D eigenvalue weighted by molar-refractivity contribution is 0.0501. The average Bonchev–Trinajstić information content (AvgIpc) is 2.28. The van der Waals surface area contributed by atoms with Gasteiger partial charge in [-0.25, -0.2) is 9.18 Å². The fourth-order valence-corrected chi connectivity index (χ4v) is 2.00. The first-order valence-corrected chi connectivity index (χ1v) is 7.09. The molecule has 0 aliphatic rings.